The zero-order valence-corrected chi connectivity index (χ0v) is 14.2. The Kier molecular flexibility index (Phi) is 6.52. The molecule has 136 valence electrons. The van der Waals surface area contributed by atoms with Crippen molar-refractivity contribution in [3.05, 3.63) is 42.2 Å². The van der Waals surface area contributed by atoms with Crippen LogP contribution in [0.3, 0.4) is 0 Å². The number of morpholine rings is 1. The Morgan fingerprint density at radius 2 is 2.08 bits per heavy atom. The highest BCUT2D eigenvalue weighted by Crippen LogP contribution is 2.21. The Morgan fingerprint density at radius 1 is 1.24 bits per heavy atom. The SMILES string of the molecule is OCCN(CCN1CCOCC1)Cc1ncc(-c2cccc(F)c2)o1. The van der Waals surface area contributed by atoms with E-state index in [0.29, 0.717) is 30.3 Å². The van der Waals surface area contributed by atoms with E-state index in [9.17, 15) is 9.50 Å². The molecule has 0 amide bonds. The summed E-state index contributed by atoms with van der Waals surface area (Å²) in [5.74, 6) is 0.809. The second kappa shape index (κ2) is 9.05. The van der Waals surface area contributed by atoms with Gasteiger partial charge in [-0.2, -0.15) is 0 Å². The number of hydrogen-bond acceptors (Lipinski definition) is 6. The average Bonchev–Trinajstić information content (AvgIpc) is 3.09. The van der Waals surface area contributed by atoms with Gasteiger partial charge >= 0.3 is 0 Å². The smallest absolute Gasteiger partial charge is 0.209 e. The van der Waals surface area contributed by atoms with E-state index in [4.69, 9.17) is 9.15 Å². The Hall–Kier alpha value is -1.80. The first-order chi connectivity index (χ1) is 12.2. The summed E-state index contributed by atoms with van der Waals surface area (Å²) in [6.45, 7) is 6.32. The van der Waals surface area contributed by atoms with Gasteiger partial charge < -0.3 is 14.3 Å². The van der Waals surface area contributed by atoms with Crippen LogP contribution < -0.4 is 0 Å². The van der Waals surface area contributed by atoms with E-state index in [1.165, 1.54) is 12.1 Å². The fraction of sp³-hybridized carbons (Fsp3) is 0.500. The number of aliphatic hydroxyl groups is 1. The van der Waals surface area contributed by atoms with Crippen molar-refractivity contribution in [2.75, 3.05) is 52.5 Å². The number of ether oxygens (including phenoxy) is 1. The Balaban J connectivity index is 1.58. The molecule has 0 unspecified atom stereocenters. The molecular formula is C18H24FN3O3. The zero-order valence-electron chi connectivity index (χ0n) is 14.2. The molecule has 2 heterocycles. The third kappa shape index (κ3) is 5.34. The number of oxazole rings is 1. The fourth-order valence-corrected chi connectivity index (χ4v) is 2.87. The lowest BCUT2D eigenvalue weighted by atomic mass is 10.2. The van der Waals surface area contributed by atoms with E-state index in [-0.39, 0.29) is 12.4 Å². The topological polar surface area (TPSA) is 62.0 Å². The van der Waals surface area contributed by atoms with E-state index < -0.39 is 0 Å². The largest absolute Gasteiger partial charge is 0.439 e. The number of aromatic nitrogens is 1. The zero-order chi connectivity index (χ0) is 17.5. The Bertz CT molecular complexity index is 659. The predicted octanol–water partition coefficient (Wildman–Crippen LogP) is 1.61. The third-order valence-electron chi connectivity index (χ3n) is 4.27. The second-order valence-electron chi connectivity index (χ2n) is 6.08. The Labute approximate surface area is 146 Å². The first-order valence-corrected chi connectivity index (χ1v) is 8.58. The van der Waals surface area contributed by atoms with Crippen molar-refractivity contribution in [1.29, 1.82) is 0 Å². The molecular weight excluding hydrogens is 325 g/mol. The summed E-state index contributed by atoms with van der Waals surface area (Å²) in [4.78, 5) is 8.75. The van der Waals surface area contributed by atoms with Crippen LogP contribution in [0.5, 0.6) is 0 Å². The van der Waals surface area contributed by atoms with Crippen molar-refractivity contribution < 1.29 is 18.7 Å². The van der Waals surface area contributed by atoms with E-state index in [2.05, 4.69) is 14.8 Å². The van der Waals surface area contributed by atoms with Gasteiger partial charge in [-0.05, 0) is 12.1 Å². The molecule has 2 aromatic rings. The predicted molar refractivity (Wildman–Crippen MR) is 91.5 cm³/mol. The Morgan fingerprint density at radius 3 is 2.84 bits per heavy atom. The minimum Gasteiger partial charge on any atom is -0.439 e. The van der Waals surface area contributed by atoms with Crippen LogP contribution in [0.15, 0.2) is 34.9 Å². The lowest BCUT2D eigenvalue weighted by Crippen LogP contribution is -2.41. The summed E-state index contributed by atoms with van der Waals surface area (Å²) in [5, 5.41) is 9.30. The summed E-state index contributed by atoms with van der Waals surface area (Å²) >= 11 is 0. The lowest BCUT2D eigenvalue weighted by Gasteiger charge is -2.29. The van der Waals surface area contributed by atoms with Crippen molar-refractivity contribution >= 4 is 0 Å². The summed E-state index contributed by atoms with van der Waals surface area (Å²) in [6.07, 6.45) is 1.61. The number of aliphatic hydroxyl groups excluding tert-OH is 1. The number of hydrogen-bond donors (Lipinski definition) is 1. The van der Waals surface area contributed by atoms with Crippen LogP contribution in [-0.2, 0) is 11.3 Å². The van der Waals surface area contributed by atoms with Gasteiger partial charge in [-0.1, -0.05) is 12.1 Å². The quantitative estimate of drug-likeness (QED) is 0.781. The molecule has 3 rings (SSSR count). The van der Waals surface area contributed by atoms with Gasteiger partial charge in [0.1, 0.15) is 5.82 Å². The van der Waals surface area contributed by atoms with Gasteiger partial charge in [0.25, 0.3) is 0 Å². The molecule has 0 atom stereocenters. The van der Waals surface area contributed by atoms with Gasteiger partial charge in [-0.3, -0.25) is 9.80 Å². The summed E-state index contributed by atoms with van der Waals surface area (Å²) in [7, 11) is 0. The van der Waals surface area contributed by atoms with Gasteiger partial charge in [0.2, 0.25) is 5.89 Å². The summed E-state index contributed by atoms with van der Waals surface area (Å²) < 4.78 is 24.5. The molecule has 0 saturated carbocycles. The van der Waals surface area contributed by atoms with Crippen LogP contribution in [0.1, 0.15) is 5.89 Å². The first-order valence-electron chi connectivity index (χ1n) is 8.58. The van der Waals surface area contributed by atoms with Crippen LogP contribution in [0.2, 0.25) is 0 Å². The molecule has 0 bridgehead atoms. The minimum atomic E-state index is -0.303. The normalized spacial score (nSPS) is 15.8. The maximum atomic E-state index is 13.3. The highest BCUT2D eigenvalue weighted by atomic mass is 19.1. The fourth-order valence-electron chi connectivity index (χ4n) is 2.87. The molecule has 0 radical (unpaired) electrons. The molecule has 1 N–H and O–H groups in total. The molecule has 0 spiro atoms. The van der Waals surface area contributed by atoms with Crippen molar-refractivity contribution in [3.8, 4) is 11.3 Å². The van der Waals surface area contributed by atoms with Gasteiger partial charge in [-0.15, -0.1) is 0 Å². The highest BCUT2D eigenvalue weighted by Gasteiger charge is 2.15. The van der Waals surface area contributed by atoms with Gasteiger partial charge in [0, 0.05) is 38.3 Å². The molecule has 1 aromatic heterocycles. The molecule has 7 heteroatoms. The molecule has 1 saturated heterocycles. The number of nitrogens with zero attached hydrogens (tertiary/aromatic N) is 3. The van der Waals surface area contributed by atoms with E-state index >= 15 is 0 Å². The van der Waals surface area contributed by atoms with E-state index in [1.807, 2.05) is 0 Å². The highest BCUT2D eigenvalue weighted by molar-refractivity contribution is 5.56. The van der Waals surface area contributed by atoms with Crippen LogP contribution in [0.4, 0.5) is 4.39 Å². The van der Waals surface area contributed by atoms with Crippen molar-refractivity contribution in [3.63, 3.8) is 0 Å². The van der Waals surface area contributed by atoms with Gasteiger partial charge in [0.05, 0.1) is 32.6 Å². The molecule has 1 aliphatic rings. The number of benzene rings is 1. The maximum Gasteiger partial charge on any atom is 0.209 e. The van der Waals surface area contributed by atoms with E-state index in [0.717, 1.165) is 39.4 Å². The third-order valence-corrected chi connectivity index (χ3v) is 4.27. The van der Waals surface area contributed by atoms with Crippen LogP contribution in [-0.4, -0.2) is 72.4 Å². The first kappa shape index (κ1) is 18.0. The summed E-state index contributed by atoms with van der Waals surface area (Å²) in [6, 6.07) is 6.26. The molecule has 1 aromatic carbocycles. The summed E-state index contributed by atoms with van der Waals surface area (Å²) in [5.41, 5.74) is 0.667. The van der Waals surface area contributed by atoms with Crippen LogP contribution >= 0.6 is 0 Å². The van der Waals surface area contributed by atoms with Crippen molar-refractivity contribution in [2.24, 2.45) is 0 Å². The number of rotatable bonds is 8. The van der Waals surface area contributed by atoms with Crippen LogP contribution in [0.25, 0.3) is 11.3 Å². The van der Waals surface area contributed by atoms with Gasteiger partial charge in [0.15, 0.2) is 5.76 Å². The monoisotopic (exact) mass is 349 g/mol. The van der Waals surface area contributed by atoms with Crippen LogP contribution in [0, 0.1) is 5.82 Å². The molecule has 25 heavy (non-hydrogen) atoms. The molecule has 1 aliphatic heterocycles. The minimum absolute atomic E-state index is 0.0839. The van der Waals surface area contributed by atoms with Crippen molar-refractivity contribution in [2.45, 2.75) is 6.54 Å². The lowest BCUT2D eigenvalue weighted by molar-refractivity contribution is 0.0315. The second-order valence-corrected chi connectivity index (χ2v) is 6.08. The number of halogens is 1. The van der Waals surface area contributed by atoms with Crippen molar-refractivity contribution in [1.82, 2.24) is 14.8 Å². The van der Waals surface area contributed by atoms with E-state index in [1.54, 1.807) is 18.3 Å². The maximum absolute atomic E-state index is 13.3. The molecule has 0 aliphatic carbocycles. The average molecular weight is 349 g/mol. The molecule has 1 fully saturated rings. The van der Waals surface area contributed by atoms with Gasteiger partial charge in [-0.25, -0.2) is 9.37 Å². The standard InChI is InChI=1S/C18H24FN3O3/c19-16-3-1-2-15(12-16)17-13-20-18(25-17)14-22(6-9-23)5-4-21-7-10-24-11-8-21/h1-3,12-13,23H,4-11,14H2. The molecule has 6 nitrogen and oxygen atoms in total.